The van der Waals surface area contributed by atoms with Gasteiger partial charge in [-0.1, -0.05) is 0 Å². The van der Waals surface area contributed by atoms with E-state index in [1.165, 1.54) is 25.7 Å². The highest BCUT2D eigenvalue weighted by atomic mass is 16.5. The summed E-state index contributed by atoms with van der Waals surface area (Å²) in [6.45, 7) is 1.75. The minimum atomic E-state index is 0.663. The van der Waals surface area contributed by atoms with Crippen LogP contribution in [0.1, 0.15) is 44.9 Å². The standard InChI is InChI=1S/C14H23NO/c1-10-2-12-3-11(1)5-14(4-10,6-12)7-13-8-16-9-15-13/h10-13,15H,1-9H2. The molecule has 2 nitrogen and oxygen atoms in total. The molecule has 2 heteroatoms. The Morgan fingerprint density at radius 1 is 1.00 bits per heavy atom. The van der Waals surface area contributed by atoms with Crippen LogP contribution in [0.15, 0.2) is 0 Å². The minimum absolute atomic E-state index is 0.663. The number of rotatable bonds is 2. The molecule has 5 rings (SSSR count). The van der Waals surface area contributed by atoms with Crippen molar-refractivity contribution in [1.29, 1.82) is 0 Å². The zero-order valence-electron chi connectivity index (χ0n) is 10.1. The van der Waals surface area contributed by atoms with E-state index in [0.717, 1.165) is 36.5 Å². The monoisotopic (exact) mass is 221 g/mol. The fraction of sp³-hybridized carbons (Fsp3) is 1.00. The molecule has 1 heterocycles. The third-order valence-electron chi connectivity index (χ3n) is 5.64. The van der Waals surface area contributed by atoms with Gasteiger partial charge in [0, 0.05) is 6.04 Å². The van der Waals surface area contributed by atoms with Gasteiger partial charge in [0.05, 0.1) is 13.3 Å². The molecular formula is C14H23NO. The number of hydrogen-bond acceptors (Lipinski definition) is 2. The molecular weight excluding hydrogens is 198 g/mol. The lowest BCUT2D eigenvalue weighted by Crippen LogP contribution is -2.48. The first-order valence-electron chi connectivity index (χ1n) is 7.12. The molecule has 0 aromatic heterocycles. The average molecular weight is 221 g/mol. The molecule has 0 aromatic carbocycles. The first-order valence-corrected chi connectivity index (χ1v) is 7.12. The summed E-state index contributed by atoms with van der Waals surface area (Å²) in [4.78, 5) is 0. The molecule has 5 aliphatic rings. The van der Waals surface area contributed by atoms with Gasteiger partial charge in [0.15, 0.2) is 0 Å². The average Bonchev–Trinajstić information content (AvgIpc) is 2.66. The van der Waals surface area contributed by atoms with E-state index in [1.54, 1.807) is 19.3 Å². The second kappa shape index (κ2) is 3.46. The van der Waals surface area contributed by atoms with Crippen molar-refractivity contribution >= 4 is 0 Å². The minimum Gasteiger partial charge on any atom is -0.365 e. The van der Waals surface area contributed by atoms with E-state index in [9.17, 15) is 0 Å². The summed E-state index contributed by atoms with van der Waals surface area (Å²) in [7, 11) is 0. The second-order valence-corrected chi connectivity index (χ2v) is 7.04. The number of hydrogen-bond donors (Lipinski definition) is 1. The third kappa shape index (κ3) is 1.53. The lowest BCUT2D eigenvalue weighted by Gasteiger charge is -2.57. The van der Waals surface area contributed by atoms with E-state index >= 15 is 0 Å². The second-order valence-electron chi connectivity index (χ2n) is 7.04. The van der Waals surface area contributed by atoms with E-state index in [2.05, 4.69) is 5.32 Å². The molecule has 4 aliphatic carbocycles. The van der Waals surface area contributed by atoms with Crippen molar-refractivity contribution in [3.63, 3.8) is 0 Å². The quantitative estimate of drug-likeness (QED) is 0.773. The van der Waals surface area contributed by atoms with E-state index in [0.29, 0.717) is 6.04 Å². The predicted molar refractivity (Wildman–Crippen MR) is 63.0 cm³/mol. The van der Waals surface area contributed by atoms with Crippen LogP contribution >= 0.6 is 0 Å². The third-order valence-corrected chi connectivity index (χ3v) is 5.64. The van der Waals surface area contributed by atoms with Gasteiger partial charge in [-0.3, -0.25) is 5.32 Å². The van der Waals surface area contributed by atoms with Crippen LogP contribution in [0.25, 0.3) is 0 Å². The summed E-state index contributed by atoms with van der Waals surface area (Å²) >= 11 is 0. The zero-order chi connectivity index (χ0) is 10.6. The van der Waals surface area contributed by atoms with Crippen LogP contribution < -0.4 is 5.32 Å². The van der Waals surface area contributed by atoms with Gasteiger partial charge >= 0.3 is 0 Å². The molecule has 1 aliphatic heterocycles. The largest absolute Gasteiger partial charge is 0.365 e. The fourth-order valence-corrected chi connectivity index (χ4v) is 5.63. The molecule has 1 N–H and O–H groups in total. The Kier molecular flexibility index (Phi) is 2.14. The molecule has 0 radical (unpaired) electrons. The van der Waals surface area contributed by atoms with Gasteiger partial charge in [-0.05, 0) is 68.1 Å². The lowest BCUT2D eigenvalue weighted by atomic mass is 9.48. The highest BCUT2D eigenvalue weighted by molar-refractivity contribution is 5.02. The topological polar surface area (TPSA) is 21.3 Å². The number of nitrogens with one attached hydrogen (secondary N) is 1. The Bertz CT molecular complexity index is 247. The van der Waals surface area contributed by atoms with Crippen LogP contribution in [0, 0.1) is 23.2 Å². The Morgan fingerprint density at radius 3 is 2.12 bits per heavy atom. The molecule has 0 spiro atoms. The Labute approximate surface area is 98.1 Å². The van der Waals surface area contributed by atoms with E-state index in [-0.39, 0.29) is 0 Å². The van der Waals surface area contributed by atoms with Crippen molar-refractivity contribution in [3.05, 3.63) is 0 Å². The Balaban J connectivity index is 1.52. The van der Waals surface area contributed by atoms with E-state index in [1.807, 2.05) is 0 Å². The summed E-state index contributed by atoms with van der Waals surface area (Å²) in [6.07, 6.45) is 10.7. The van der Waals surface area contributed by atoms with Crippen LogP contribution in [0.3, 0.4) is 0 Å². The van der Waals surface area contributed by atoms with E-state index in [4.69, 9.17) is 4.74 Å². The summed E-state index contributed by atoms with van der Waals surface area (Å²) in [5.41, 5.74) is 0.722. The SMILES string of the molecule is C1NC(CC23CC4CC(CC(C4)C2)C3)CO1. The molecule has 1 unspecified atom stereocenters. The first-order chi connectivity index (χ1) is 7.81. The van der Waals surface area contributed by atoms with Crippen molar-refractivity contribution in [1.82, 2.24) is 5.32 Å². The van der Waals surface area contributed by atoms with Crippen LogP contribution in [-0.4, -0.2) is 19.4 Å². The number of ether oxygens (including phenoxy) is 1. The molecule has 16 heavy (non-hydrogen) atoms. The van der Waals surface area contributed by atoms with Gasteiger partial charge in [-0.25, -0.2) is 0 Å². The van der Waals surface area contributed by atoms with Gasteiger partial charge in [-0.2, -0.15) is 0 Å². The summed E-state index contributed by atoms with van der Waals surface area (Å²) in [5, 5.41) is 3.51. The highest BCUT2D eigenvalue weighted by Crippen LogP contribution is 2.61. The first kappa shape index (κ1) is 9.90. The summed E-state index contributed by atoms with van der Waals surface area (Å²) in [5.74, 6) is 3.27. The van der Waals surface area contributed by atoms with Gasteiger partial charge in [-0.15, -0.1) is 0 Å². The molecule has 0 aromatic rings. The van der Waals surface area contributed by atoms with Crippen LogP contribution in [0.2, 0.25) is 0 Å². The van der Waals surface area contributed by atoms with Crippen molar-refractivity contribution in [2.24, 2.45) is 23.2 Å². The van der Waals surface area contributed by atoms with Gasteiger partial charge < -0.3 is 4.74 Å². The van der Waals surface area contributed by atoms with Crippen LogP contribution in [0.5, 0.6) is 0 Å². The Morgan fingerprint density at radius 2 is 1.62 bits per heavy atom. The zero-order valence-corrected chi connectivity index (χ0v) is 10.1. The molecule has 4 saturated carbocycles. The van der Waals surface area contributed by atoms with Crippen molar-refractivity contribution < 1.29 is 4.74 Å². The maximum atomic E-state index is 5.46. The fourth-order valence-electron chi connectivity index (χ4n) is 5.63. The van der Waals surface area contributed by atoms with Gasteiger partial charge in [0.25, 0.3) is 0 Å². The lowest BCUT2D eigenvalue weighted by molar-refractivity contribution is -0.0614. The molecule has 1 atom stereocenters. The summed E-state index contributed by atoms with van der Waals surface area (Å²) < 4.78 is 5.46. The molecule has 0 amide bonds. The molecule has 5 fully saturated rings. The maximum Gasteiger partial charge on any atom is 0.0968 e. The van der Waals surface area contributed by atoms with Crippen molar-refractivity contribution in [2.45, 2.75) is 51.0 Å². The summed E-state index contributed by atoms with van der Waals surface area (Å²) in [6, 6.07) is 0.663. The molecule has 90 valence electrons. The van der Waals surface area contributed by atoms with Gasteiger partial charge in [0.1, 0.15) is 0 Å². The van der Waals surface area contributed by atoms with Crippen molar-refractivity contribution in [3.8, 4) is 0 Å². The van der Waals surface area contributed by atoms with Gasteiger partial charge in [0.2, 0.25) is 0 Å². The maximum absolute atomic E-state index is 5.46. The normalized spacial score (nSPS) is 54.8. The Hall–Kier alpha value is -0.0800. The van der Waals surface area contributed by atoms with Crippen molar-refractivity contribution in [2.75, 3.05) is 13.3 Å². The molecule has 4 bridgehead atoms. The van der Waals surface area contributed by atoms with E-state index < -0.39 is 0 Å². The highest BCUT2D eigenvalue weighted by Gasteiger charge is 2.51. The van der Waals surface area contributed by atoms with Crippen LogP contribution in [0.4, 0.5) is 0 Å². The molecule has 1 saturated heterocycles. The predicted octanol–water partition coefficient (Wildman–Crippen LogP) is 2.54. The van der Waals surface area contributed by atoms with Crippen LogP contribution in [-0.2, 0) is 4.74 Å². The smallest absolute Gasteiger partial charge is 0.0968 e.